The highest BCUT2D eigenvalue weighted by molar-refractivity contribution is 5.81. The lowest BCUT2D eigenvalue weighted by Gasteiger charge is -2.15. The molecule has 0 aliphatic heterocycles. The zero-order valence-electron chi connectivity index (χ0n) is 23.6. The normalized spacial score (nSPS) is 10.7. The molecule has 0 unspecified atom stereocenters. The summed E-state index contributed by atoms with van der Waals surface area (Å²) in [5.41, 5.74) is 3.63. The van der Waals surface area contributed by atoms with Gasteiger partial charge in [-0.3, -0.25) is 4.79 Å². The number of benzene rings is 3. The van der Waals surface area contributed by atoms with Gasteiger partial charge in [0.05, 0.1) is 0 Å². The summed E-state index contributed by atoms with van der Waals surface area (Å²) in [5, 5.41) is 0. The third-order valence-electron chi connectivity index (χ3n) is 5.73. The molecule has 0 amide bonds. The quantitative estimate of drug-likeness (QED) is 0.218. The van der Waals surface area contributed by atoms with E-state index in [1.54, 1.807) is 25.1 Å². The van der Waals surface area contributed by atoms with E-state index in [1.807, 2.05) is 71.0 Å². The third kappa shape index (κ3) is 9.71. The molecule has 6 heteroatoms. The van der Waals surface area contributed by atoms with E-state index in [4.69, 9.17) is 14.2 Å². The number of Topliss-reactive ketones (excluding diaryl/α,β-unsaturated/α-hetero) is 1. The molecule has 0 heterocycles. The van der Waals surface area contributed by atoms with Gasteiger partial charge in [0.1, 0.15) is 37.1 Å². The molecule has 0 saturated carbocycles. The van der Waals surface area contributed by atoms with Gasteiger partial charge in [0, 0.05) is 17.5 Å². The molecule has 208 valence electrons. The summed E-state index contributed by atoms with van der Waals surface area (Å²) in [4.78, 5) is 12.0. The maximum atomic E-state index is 13.5. The molecule has 0 bridgehead atoms. The molecule has 4 nitrogen and oxygen atoms in total. The smallest absolute Gasteiger partial charge is 0.172 e. The van der Waals surface area contributed by atoms with Crippen LogP contribution < -0.4 is 14.2 Å². The number of ketones is 1. The summed E-state index contributed by atoms with van der Waals surface area (Å²) in [5.74, 6) is 0.0531. The first-order chi connectivity index (χ1) is 18.6. The molecule has 0 aliphatic carbocycles. The van der Waals surface area contributed by atoms with Crippen LogP contribution in [0.1, 0.15) is 49.9 Å². The van der Waals surface area contributed by atoms with Crippen LogP contribution in [0, 0.1) is 31.4 Å². The number of rotatable bonds is 12. The van der Waals surface area contributed by atoms with Crippen LogP contribution in [0.3, 0.4) is 0 Å². The van der Waals surface area contributed by atoms with Crippen LogP contribution >= 0.6 is 0 Å². The monoisotopic (exact) mass is 536 g/mol. The average molecular weight is 537 g/mol. The molecule has 3 aromatic carbocycles. The van der Waals surface area contributed by atoms with Crippen molar-refractivity contribution in [2.45, 2.75) is 48.1 Å². The highest BCUT2D eigenvalue weighted by atomic mass is 19.2. The number of hydrogen-bond acceptors (Lipinski definition) is 4. The third-order valence-corrected chi connectivity index (χ3v) is 5.73. The van der Waals surface area contributed by atoms with Crippen LogP contribution in [0.4, 0.5) is 8.78 Å². The number of aryl methyl sites for hydroxylation is 2. The lowest BCUT2D eigenvalue weighted by molar-refractivity contribution is -0.123. The van der Waals surface area contributed by atoms with Crippen LogP contribution in [0.25, 0.3) is 6.08 Å². The molecular weight excluding hydrogens is 498 g/mol. The van der Waals surface area contributed by atoms with Gasteiger partial charge in [0.25, 0.3) is 0 Å². The van der Waals surface area contributed by atoms with Gasteiger partial charge >= 0.3 is 0 Å². The summed E-state index contributed by atoms with van der Waals surface area (Å²) in [6.45, 7) is 15.8. The first-order valence-corrected chi connectivity index (χ1v) is 13.0. The number of carbonyl (C=O) groups is 1. The fourth-order valence-corrected chi connectivity index (χ4v) is 3.43. The van der Waals surface area contributed by atoms with E-state index in [2.05, 4.69) is 6.58 Å². The Hall–Kier alpha value is -3.93. The van der Waals surface area contributed by atoms with Gasteiger partial charge in [-0.05, 0) is 60.4 Å². The molecular formula is C33H38F2O4. The zero-order valence-corrected chi connectivity index (χ0v) is 23.6. The second-order valence-corrected chi connectivity index (χ2v) is 9.14. The van der Waals surface area contributed by atoms with E-state index in [0.717, 1.165) is 23.3 Å². The van der Waals surface area contributed by atoms with Gasteiger partial charge in [0.2, 0.25) is 0 Å². The Labute approximate surface area is 230 Å². The van der Waals surface area contributed by atoms with E-state index >= 15 is 0 Å². The van der Waals surface area contributed by atoms with Crippen molar-refractivity contribution in [1.82, 2.24) is 0 Å². The van der Waals surface area contributed by atoms with Crippen LogP contribution in [0.5, 0.6) is 17.2 Å². The minimum atomic E-state index is -0.891. The molecule has 3 rings (SSSR count). The van der Waals surface area contributed by atoms with Gasteiger partial charge in [0.15, 0.2) is 17.4 Å². The van der Waals surface area contributed by atoms with Gasteiger partial charge < -0.3 is 14.2 Å². The van der Waals surface area contributed by atoms with Crippen molar-refractivity contribution in [1.29, 1.82) is 0 Å². The molecule has 3 aromatic rings. The van der Waals surface area contributed by atoms with Gasteiger partial charge in [-0.15, -0.1) is 0 Å². The molecule has 0 aromatic heterocycles. The second kappa shape index (κ2) is 15.5. The summed E-state index contributed by atoms with van der Waals surface area (Å²) in [7, 11) is 0. The molecule has 0 atom stereocenters. The van der Waals surface area contributed by atoms with Crippen molar-refractivity contribution in [3.63, 3.8) is 0 Å². The highest BCUT2D eigenvalue weighted by Gasteiger charge is 2.13. The van der Waals surface area contributed by atoms with Gasteiger partial charge in [-0.25, -0.2) is 8.78 Å². The van der Waals surface area contributed by atoms with Crippen molar-refractivity contribution in [3.05, 3.63) is 107 Å². The first kappa shape index (κ1) is 31.3. The predicted molar refractivity (Wildman–Crippen MR) is 153 cm³/mol. The lowest BCUT2D eigenvalue weighted by atomic mass is 10.1. The molecule has 0 fully saturated rings. The molecule has 0 N–H and O–H groups in total. The Morgan fingerprint density at radius 3 is 2.21 bits per heavy atom. The minimum absolute atomic E-state index is 0.0207. The number of ether oxygens (including phenoxy) is 3. The first-order valence-electron chi connectivity index (χ1n) is 13.0. The molecule has 0 saturated heterocycles. The van der Waals surface area contributed by atoms with Crippen molar-refractivity contribution < 1.29 is 27.8 Å². The largest absolute Gasteiger partial charge is 0.489 e. The van der Waals surface area contributed by atoms with E-state index in [-0.39, 0.29) is 31.5 Å². The fourth-order valence-electron chi connectivity index (χ4n) is 3.43. The Kier molecular flexibility index (Phi) is 12.4. The summed E-state index contributed by atoms with van der Waals surface area (Å²) < 4.78 is 44.5. The zero-order chi connectivity index (χ0) is 28.9. The summed E-state index contributed by atoms with van der Waals surface area (Å²) in [6.07, 6.45) is 3.39. The van der Waals surface area contributed by atoms with E-state index in [9.17, 15) is 13.6 Å². The van der Waals surface area contributed by atoms with Gasteiger partial charge in [-0.2, -0.15) is 0 Å². The summed E-state index contributed by atoms with van der Waals surface area (Å²) in [6, 6.07) is 15.3. The number of halogens is 2. The number of hydrogen-bond donors (Lipinski definition) is 0. The predicted octanol–water partition coefficient (Wildman–Crippen LogP) is 8.44. The van der Waals surface area contributed by atoms with Crippen molar-refractivity contribution >= 4 is 11.9 Å². The maximum Gasteiger partial charge on any atom is 0.172 e. The van der Waals surface area contributed by atoms with Gasteiger partial charge in [-0.1, -0.05) is 70.7 Å². The topological polar surface area (TPSA) is 44.8 Å². The van der Waals surface area contributed by atoms with E-state index in [0.29, 0.717) is 33.9 Å². The van der Waals surface area contributed by atoms with Crippen molar-refractivity contribution in [3.8, 4) is 17.2 Å². The fraction of sp³-hybridized carbons (Fsp3) is 0.303. The standard InChI is InChI=1S/C31H32F2O4.C2H6/c1-20(2)30(34)19-37-31-22(4)8-6-9-25(31)18-36-27-11-7-10-26(16-27)35-17-21(3)12-13-24-15-29(33)28(32)14-23(24)5;1-2/h6-16,20H,3,17-19H2,1-2,4-5H3;1-2H3/b13-12-;. The molecule has 39 heavy (non-hydrogen) atoms. The van der Waals surface area contributed by atoms with Crippen molar-refractivity contribution in [2.24, 2.45) is 5.92 Å². The second-order valence-electron chi connectivity index (χ2n) is 9.14. The lowest BCUT2D eigenvalue weighted by Crippen LogP contribution is -2.18. The number of carbonyl (C=O) groups excluding carboxylic acids is 1. The Morgan fingerprint density at radius 1 is 0.872 bits per heavy atom. The highest BCUT2D eigenvalue weighted by Crippen LogP contribution is 2.27. The number of para-hydroxylation sites is 1. The van der Waals surface area contributed by atoms with Crippen LogP contribution in [0.15, 0.2) is 72.8 Å². The molecule has 0 radical (unpaired) electrons. The van der Waals surface area contributed by atoms with E-state index in [1.165, 1.54) is 0 Å². The molecule has 0 aliphatic rings. The van der Waals surface area contributed by atoms with Crippen LogP contribution in [-0.4, -0.2) is 19.0 Å². The Morgan fingerprint density at radius 2 is 1.51 bits per heavy atom. The Bertz CT molecular complexity index is 1290. The maximum absolute atomic E-state index is 13.5. The van der Waals surface area contributed by atoms with E-state index < -0.39 is 11.6 Å². The summed E-state index contributed by atoms with van der Waals surface area (Å²) >= 11 is 0. The van der Waals surface area contributed by atoms with Crippen molar-refractivity contribution in [2.75, 3.05) is 13.2 Å². The van der Waals surface area contributed by atoms with Crippen LogP contribution in [-0.2, 0) is 11.4 Å². The van der Waals surface area contributed by atoms with Crippen LogP contribution in [0.2, 0.25) is 0 Å². The SMILES string of the molecule is C=C(/C=C\c1cc(F)c(F)cc1C)COc1cccc(OCc2cccc(C)c2OCC(=O)C(C)C)c1.CC. The average Bonchev–Trinajstić information content (AvgIpc) is 2.92. The minimum Gasteiger partial charge on any atom is -0.489 e. The Balaban J connectivity index is 0.00000260. The molecule has 0 spiro atoms.